The van der Waals surface area contributed by atoms with Crippen LogP contribution in [0.4, 0.5) is 15.3 Å². The first-order valence-electron chi connectivity index (χ1n) is 32.4. The van der Waals surface area contributed by atoms with Crippen LogP contribution in [0.1, 0.15) is 158 Å². The van der Waals surface area contributed by atoms with E-state index in [1.807, 2.05) is 32.0 Å². The second-order valence-corrected chi connectivity index (χ2v) is 25.5. The summed E-state index contributed by atoms with van der Waals surface area (Å²) in [5.41, 5.74) is 7.81. The summed E-state index contributed by atoms with van der Waals surface area (Å²) < 4.78 is 17.7. The SMILES string of the molecule is CCC(C)C(C(CC(=O)N1CCCC1C(OC)C(C)C(=O)NC(C)C(O)c1ccccc1)OC)N(C)C(=O)C(NC(=O)C(C(C)C)N(C)C(=O)OCc1ccc(NC(=O)C(CCCNC(N)=O)NC(=O)C(NC(=O)CCc2ccc(C=O)c(C=O)c2)C(C)C)cc1)C(C)C. The number of carbonyl (C=O) groups excluding carboxylic acids is 11. The van der Waals surface area contributed by atoms with Crippen LogP contribution in [0.15, 0.2) is 72.8 Å². The van der Waals surface area contributed by atoms with Crippen molar-refractivity contribution in [1.82, 2.24) is 41.3 Å². The van der Waals surface area contributed by atoms with Gasteiger partial charge in [-0.25, -0.2) is 9.59 Å². The Labute approximate surface area is 553 Å². The van der Waals surface area contributed by atoms with Gasteiger partial charge in [-0.2, -0.15) is 0 Å². The maximum atomic E-state index is 14.8. The number of primary amides is 1. The number of aliphatic hydroxyl groups excluding tert-OH is 1. The molecule has 25 nitrogen and oxygen atoms in total. The number of amides is 10. The largest absolute Gasteiger partial charge is 0.445 e. The van der Waals surface area contributed by atoms with Crippen LogP contribution in [0.25, 0.3) is 0 Å². The number of hydrogen-bond acceptors (Lipinski definition) is 15. The van der Waals surface area contributed by atoms with Crippen molar-refractivity contribution in [2.45, 2.75) is 188 Å². The molecule has 518 valence electrons. The number of hydrogen-bond donors (Lipinski definition) is 8. The molecule has 3 aromatic carbocycles. The third kappa shape index (κ3) is 22.5. The lowest BCUT2D eigenvalue weighted by Crippen LogP contribution is -2.60. The number of benzene rings is 3. The van der Waals surface area contributed by atoms with Crippen LogP contribution < -0.4 is 37.6 Å². The summed E-state index contributed by atoms with van der Waals surface area (Å²) >= 11 is 0. The van der Waals surface area contributed by atoms with Gasteiger partial charge in [-0.15, -0.1) is 0 Å². The highest BCUT2D eigenvalue weighted by atomic mass is 16.6. The van der Waals surface area contributed by atoms with Gasteiger partial charge in [-0.05, 0) is 97.6 Å². The quantitative estimate of drug-likeness (QED) is 0.0248. The number of aryl methyl sites for hydroxylation is 1. The van der Waals surface area contributed by atoms with E-state index in [2.05, 4.69) is 31.9 Å². The van der Waals surface area contributed by atoms with E-state index >= 15 is 0 Å². The van der Waals surface area contributed by atoms with Crippen molar-refractivity contribution in [3.05, 3.63) is 101 Å². The van der Waals surface area contributed by atoms with Gasteiger partial charge in [0.1, 0.15) is 30.8 Å². The number of nitrogens with two attached hydrogens (primary N) is 1. The molecule has 1 fully saturated rings. The van der Waals surface area contributed by atoms with Gasteiger partial charge in [0.15, 0.2) is 12.6 Å². The zero-order valence-electron chi connectivity index (χ0n) is 57.1. The van der Waals surface area contributed by atoms with Gasteiger partial charge in [0, 0.05) is 64.6 Å². The molecule has 10 amide bonds. The summed E-state index contributed by atoms with van der Waals surface area (Å²) in [7, 11) is 6.07. The predicted molar refractivity (Wildman–Crippen MR) is 355 cm³/mol. The van der Waals surface area contributed by atoms with Crippen molar-refractivity contribution in [1.29, 1.82) is 0 Å². The molecule has 9 N–H and O–H groups in total. The smallest absolute Gasteiger partial charge is 0.410 e. The Morgan fingerprint density at radius 1 is 0.723 bits per heavy atom. The maximum absolute atomic E-state index is 14.8. The van der Waals surface area contributed by atoms with Crippen molar-refractivity contribution in [2.24, 2.45) is 35.3 Å². The summed E-state index contributed by atoms with van der Waals surface area (Å²) in [6.07, 6.45) is 0.180. The van der Waals surface area contributed by atoms with Crippen LogP contribution in [0.5, 0.6) is 0 Å². The van der Waals surface area contributed by atoms with Gasteiger partial charge in [0.2, 0.25) is 41.4 Å². The van der Waals surface area contributed by atoms with E-state index in [1.165, 1.54) is 38.3 Å². The monoisotopic (exact) mass is 1310 g/mol. The maximum Gasteiger partial charge on any atom is 0.410 e. The lowest BCUT2D eigenvalue weighted by Gasteiger charge is -2.41. The minimum Gasteiger partial charge on any atom is -0.445 e. The van der Waals surface area contributed by atoms with E-state index in [0.717, 1.165) is 0 Å². The van der Waals surface area contributed by atoms with Crippen LogP contribution in [-0.2, 0) is 60.8 Å². The zero-order chi connectivity index (χ0) is 70.1. The fraction of sp³-hybridized carbons (Fsp3) is 0.580. The molecule has 0 radical (unpaired) electrons. The van der Waals surface area contributed by atoms with Crippen molar-refractivity contribution >= 4 is 71.7 Å². The van der Waals surface area contributed by atoms with Crippen molar-refractivity contribution in [3.63, 3.8) is 0 Å². The second-order valence-electron chi connectivity index (χ2n) is 25.5. The number of carbonyl (C=O) groups is 11. The number of urea groups is 1. The molecule has 1 saturated heterocycles. The number of rotatable bonds is 37. The highest BCUT2D eigenvalue weighted by Gasteiger charge is 2.44. The number of likely N-dealkylation sites (N-methyl/N-ethyl adjacent to an activating group) is 2. The minimum atomic E-state index is -1.13. The van der Waals surface area contributed by atoms with E-state index in [1.54, 1.807) is 115 Å². The molecular weight excluding hydrogens is 1210 g/mol. The van der Waals surface area contributed by atoms with Crippen LogP contribution in [0.2, 0.25) is 0 Å². The Kier molecular flexibility index (Phi) is 31.7. The Balaban J connectivity index is 1.40. The lowest BCUT2D eigenvalue weighted by atomic mass is 9.89. The average molecular weight is 1310 g/mol. The highest BCUT2D eigenvalue weighted by Crippen LogP contribution is 2.31. The van der Waals surface area contributed by atoms with E-state index in [0.29, 0.717) is 60.8 Å². The molecule has 1 aliphatic rings. The summed E-state index contributed by atoms with van der Waals surface area (Å²) in [4.78, 5) is 151. The van der Waals surface area contributed by atoms with Crippen LogP contribution >= 0.6 is 0 Å². The van der Waals surface area contributed by atoms with Crippen molar-refractivity contribution in [2.75, 3.05) is 46.7 Å². The summed E-state index contributed by atoms with van der Waals surface area (Å²) in [6.45, 7) is 18.3. The summed E-state index contributed by atoms with van der Waals surface area (Å²) in [5.74, 6) is -5.44. The normalized spacial score (nSPS) is 16.5. The predicted octanol–water partition coefficient (Wildman–Crippen LogP) is 5.85. The number of likely N-dealkylation sites (tertiary alicyclic amines) is 1. The highest BCUT2D eigenvalue weighted by molar-refractivity contribution is 5.99. The Morgan fingerprint density at radius 3 is 1.94 bits per heavy atom. The van der Waals surface area contributed by atoms with E-state index in [4.69, 9.17) is 19.9 Å². The molecule has 0 aliphatic carbocycles. The fourth-order valence-corrected chi connectivity index (χ4v) is 11.9. The van der Waals surface area contributed by atoms with E-state index in [-0.39, 0.29) is 74.1 Å². The molecule has 0 bridgehead atoms. The van der Waals surface area contributed by atoms with Crippen molar-refractivity contribution < 1.29 is 72.1 Å². The molecule has 0 aromatic heterocycles. The van der Waals surface area contributed by atoms with E-state index in [9.17, 15) is 57.8 Å². The van der Waals surface area contributed by atoms with Gasteiger partial charge in [0.05, 0.1) is 48.8 Å². The van der Waals surface area contributed by atoms with Gasteiger partial charge < -0.3 is 66.8 Å². The summed E-state index contributed by atoms with van der Waals surface area (Å²) in [5, 5.41) is 27.6. The zero-order valence-corrected chi connectivity index (χ0v) is 57.1. The Bertz CT molecular complexity index is 3020. The van der Waals surface area contributed by atoms with Crippen LogP contribution in [0, 0.1) is 29.6 Å². The average Bonchev–Trinajstić information content (AvgIpc) is 1.40. The molecule has 4 rings (SSSR count). The van der Waals surface area contributed by atoms with Gasteiger partial charge in [-0.3, -0.25) is 48.1 Å². The van der Waals surface area contributed by atoms with Crippen molar-refractivity contribution in [3.8, 4) is 0 Å². The number of nitrogens with one attached hydrogen (secondary N) is 6. The van der Waals surface area contributed by atoms with Gasteiger partial charge in [0.25, 0.3) is 0 Å². The molecule has 1 aliphatic heterocycles. The number of methoxy groups -OCH3 is 2. The third-order valence-corrected chi connectivity index (χ3v) is 17.6. The molecule has 1 heterocycles. The fourth-order valence-electron chi connectivity index (χ4n) is 11.9. The third-order valence-electron chi connectivity index (χ3n) is 17.6. The van der Waals surface area contributed by atoms with Gasteiger partial charge in [-0.1, -0.05) is 123 Å². The number of anilines is 1. The molecule has 3 aromatic rings. The topological polar surface area (TPSA) is 344 Å². The first kappa shape index (κ1) is 78.2. The lowest BCUT2D eigenvalue weighted by molar-refractivity contribution is -0.148. The standard InChI is InChI=1S/C69H102N10O15/c1-15-43(8)60(54(92-13)36-56(83)79-34-20-24-53(79)62(93-14)44(9)63(85)72-45(10)61(84)48-21-17-16-18-22-48)77(11)67(89)58(41(4)5)76-66(88)59(42(6)7)78(12)69(91)94-39-47-26-30-51(31-27-47)73-64(86)52(23-19-33-71-68(70)90)74-65(87)57(40(2)3)75-55(82)32-28-46-25-29-49(37-80)50(35-46)38-81/h16-18,21-22,25-27,29-31,35,37-38,40-45,52-54,57-62,84H,15,19-20,23-24,28,32-34,36,39H2,1-14H3,(H,72,85)(H,73,86)(H,74,87)(H,75,82)(H,76,88)(H3,70,71,90). The first-order chi connectivity index (χ1) is 44.5. The Morgan fingerprint density at radius 2 is 1.36 bits per heavy atom. The molecule has 0 spiro atoms. The molecule has 12 atom stereocenters. The number of aliphatic hydroxyl groups is 1. The number of ether oxygens (including phenoxy) is 3. The molecule has 25 heteroatoms. The van der Waals surface area contributed by atoms with Crippen LogP contribution in [0.3, 0.4) is 0 Å². The second kappa shape index (κ2) is 38.2. The number of aldehydes is 2. The molecule has 12 unspecified atom stereocenters. The van der Waals surface area contributed by atoms with Crippen LogP contribution in [-0.4, -0.2) is 182 Å². The molecule has 0 saturated carbocycles. The summed E-state index contributed by atoms with van der Waals surface area (Å²) in [6, 6.07) is 13.3. The van der Waals surface area contributed by atoms with E-state index < -0.39 is 126 Å². The Hall–Kier alpha value is -8.29. The molecular formula is C69H102N10O15. The molecule has 94 heavy (non-hydrogen) atoms. The van der Waals surface area contributed by atoms with Gasteiger partial charge >= 0.3 is 12.1 Å². The first-order valence-corrected chi connectivity index (χ1v) is 32.4. The number of nitrogens with zero attached hydrogens (tertiary/aromatic N) is 3. The minimum absolute atomic E-state index is 0.0405.